The van der Waals surface area contributed by atoms with Gasteiger partial charge in [-0.05, 0) is 30.7 Å². The fourth-order valence-electron chi connectivity index (χ4n) is 3.79. The number of hydrogen-bond donors (Lipinski definition) is 2. The van der Waals surface area contributed by atoms with Gasteiger partial charge in [-0.2, -0.15) is 10.5 Å². The number of thioether (sulfide) groups is 1. The topological polar surface area (TPSA) is 147 Å². The summed E-state index contributed by atoms with van der Waals surface area (Å²) in [5, 5.41) is 25.1. The van der Waals surface area contributed by atoms with Gasteiger partial charge >= 0.3 is 0 Å². The number of thiazole rings is 1. The molecule has 4 aromatic rings. The zero-order valence-corrected chi connectivity index (χ0v) is 23.1. The molecule has 1 amide bonds. The van der Waals surface area contributed by atoms with Crippen LogP contribution in [0.3, 0.4) is 0 Å². The minimum atomic E-state index is -0.227. The van der Waals surface area contributed by atoms with Gasteiger partial charge in [-0.1, -0.05) is 29.8 Å². The molecule has 11 heteroatoms. The Balaban J connectivity index is 1.45. The first-order chi connectivity index (χ1) is 18.9. The molecule has 0 aliphatic heterocycles. The maximum Gasteiger partial charge on any atom is 0.226 e. The number of nitrogen functional groups attached to an aromatic ring is 1. The molecular formula is C28H24N6O3S2. The smallest absolute Gasteiger partial charge is 0.226 e. The third-order valence-corrected chi connectivity index (χ3v) is 7.49. The number of aryl methyl sites for hydroxylation is 1. The average Bonchev–Trinajstić information content (AvgIpc) is 3.41. The van der Waals surface area contributed by atoms with Crippen molar-refractivity contribution in [2.24, 2.45) is 0 Å². The SMILES string of the molecule is COc1ccc(-c2csc(NC(=O)CCSc3nc(N)c(C#N)c(-c4ccc(C)cc4)c3C#N)n2)cc1OC. The molecule has 3 N–H and O–H groups in total. The molecule has 9 nitrogen and oxygen atoms in total. The molecule has 2 heterocycles. The summed E-state index contributed by atoms with van der Waals surface area (Å²) in [5.41, 5.74) is 10.2. The number of methoxy groups -OCH3 is 2. The lowest BCUT2D eigenvalue weighted by molar-refractivity contribution is -0.115. The summed E-state index contributed by atoms with van der Waals surface area (Å²) in [4.78, 5) is 21.4. The van der Waals surface area contributed by atoms with Crippen molar-refractivity contribution in [3.63, 3.8) is 0 Å². The van der Waals surface area contributed by atoms with E-state index >= 15 is 0 Å². The Morgan fingerprint density at radius 2 is 1.72 bits per heavy atom. The van der Waals surface area contributed by atoms with Gasteiger partial charge in [0, 0.05) is 28.7 Å². The van der Waals surface area contributed by atoms with E-state index in [0.29, 0.717) is 44.2 Å². The van der Waals surface area contributed by atoms with E-state index in [2.05, 4.69) is 27.4 Å². The molecule has 0 aliphatic carbocycles. The highest BCUT2D eigenvalue weighted by Crippen LogP contribution is 2.36. The molecule has 0 fully saturated rings. The maximum atomic E-state index is 12.6. The number of nitrogens with two attached hydrogens (primary N) is 1. The Bertz CT molecular complexity index is 1600. The van der Waals surface area contributed by atoms with Gasteiger partial charge in [0.15, 0.2) is 16.6 Å². The van der Waals surface area contributed by atoms with E-state index in [1.807, 2.05) is 48.7 Å². The Hall–Kier alpha value is -4.58. The number of carbonyl (C=O) groups is 1. The molecule has 0 bridgehead atoms. The quantitative estimate of drug-likeness (QED) is 0.250. The second kappa shape index (κ2) is 12.3. The average molecular weight is 557 g/mol. The predicted octanol–water partition coefficient (Wildman–Crippen LogP) is 5.64. The normalized spacial score (nSPS) is 10.4. The molecule has 0 saturated carbocycles. The molecular weight excluding hydrogens is 532 g/mol. The molecule has 196 valence electrons. The second-order valence-corrected chi connectivity index (χ2v) is 10.2. The molecule has 0 unspecified atom stereocenters. The van der Waals surface area contributed by atoms with E-state index in [1.54, 1.807) is 20.3 Å². The van der Waals surface area contributed by atoms with Crippen molar-refractivity contribution in [1.82, 2.24) is 9.97 Å². The monoisotopic (exact) mass is 556 g/mol. The lowest BCUT2D eigenvalue weighted by Crippen LogP contribution is -2.12. The fourth-order valence-corrected chi connectivity index (χ4v) is 5.46. The number of anilines is 2. The van der Waals surface area contributed by atoms with Crippen molar-refractivity contribution in [2.75, 3.05) is 31.0 Å². The molecule has 0 aliphatic rings. The number of aromatic nitrogens is 2. The zero-order chi connectivity index (χ0) is 27.9. The van der Waals surface area contributed by atoms with Crippen LogP contribution in [0.15, 0.2) is 52.9 Å². The summed E-state index contributed by atoms with van der Waals surface area (Å²) in [5.74, 6) is 1.37. The second-order valence-electron chi connectivity index (χ2n) is 8.27. The van der Waals surface area contributed by atoms with Crippen LogP contribution >= 0.6 is 23.1 Å². The van der Waals surface area contributed by atoms with Crippen LogP contribution in [0, 0.1) is 29.6 Å². The minimum Gasteiger partial charge on any atom is -0.493 e. The Kier molecular flexibility index (Phi) is 8.67. The number of nitriles is 2. The van der Waals surface area contributed by atoms with Crippen molar-refractivity contribution in [3.8, 4) is 46.0 Å². The molecule has 0 spiro atoms. The number of carbonyl (C=O) groups excluding carboxylic acids is 1. The van der Waals surface area contributed by atoms with E-state index in [0.717, 1.165) is 11.1 Å². The number of nitrogens with zero attached hydrogens (tertiary/aromatic N) is 4. The van der Waals surface area contributed by atoms with Crippen LogP contribution in [0.4, 0.5) is 10.9 Å². The molecule has 39 heavy (non-hydrogen) atoms. The Morgan fingerprint density at radius 1 is 1.03 bits per heavy atom. The van der Waals surface area contributed by atoms with E-state index in [1.165, 1.54) is 23.1 Å². The molecule has 2 aromatic carbocycles. The Labute approximate surface area is 234 Å². The standard InChI is InChI=1S/C28H24N6O3S2/c1-16-4-6-17(7-5-16)25-19(13-29)26(31)34-27(20(25)14-30)38-11-10-24(35)33-28-32-21(15-39-28)18-8-9-22(36-2)23(12-18)37-3/h4-9,12,15H,10-11H2,1-3H3,(H2,31,34)(H,32,33,35). The number of nitrogens with one attached hydrogen (secondary N) is 1. The van der Waals surface area contributed by atoms with Gasteiger partial charge in [0.25, 0.3) is 0 Å². The van der Waals surface area contributed by atoms with Gasteiger partial charge in [0.1, 0.15) is 28.5 Å². The van der Waals surface area contributed by atoms with E-state index in [9.17, 15) is 15.3 Å². The fraction of sp³-hybridized carbons (Fsp3) is 0.179. The first-order valence-electron chi connectivity index (χ1n) is 11.7. The highest BCUT2D eigenvalue weighted by Gasteiger charge is 2.21. The third kappa shape index (κ3) is 6.12. The van der Waals surface area contributed by atoms with Crippen LogP contribution in [0.5, 0.6) is 11.5 Å². The van der Waals surface area contributed by atoms with E-state index < -0.39 is 0 Å². The maximum absolute atomic E-state index is 12.6. The molecule has 0 atom stereocenters. The van der Waals surface area contributed by atoms with Crippen LogP contribution in [0.2, 0.25) is 0 Å². The van der Waals surface area contributed by atoms with Gasteiger partial charge in [-0.3, -0.25) is 4.79 Å². The Morgan fingerprint density at radius 3 is 2.38 bits per heavy atom. The van der Waals surface area contributed by atoms with Crippen LogP contribution in [0.1, 0.15) is 23.1 Å². The third-order valence-electron chi connectivity index (χ3n) is 5.75. The van der Waals surface area contributed by atoms with Gasteiger partial charge in [-0.15, -0.1) is 23.1 Å². The first kappa shape index (κ1) is 27.5. The largest absolute Gasteiger partial charge is 0.493 e. The lowest BCUT2D eigenvalue weighted by atomic mass is 9.96. The summed E-state index contributed by atoms with van der Waals surface area (Å²) in [6, 6.07) is 17.2. The van der Waals surface area contributed by atoms with Crippen LogP contribution < -0.4 is 20.5 Å². The number of hydrogen-bond acceptors (Lipinski definition) is 10. The highest BCUT2D eigenvalue weighted by atomic mass is 32.2. The van der Waals surface area contributed by atoms with Crippen molar-refractivity contribution in [3.05, 3.63) is 64.5 Å². The number of pyridine rings is 1. The summed E-state index contributed by atoms with van der Waals surface area (Å²) in [6.07, 6.45) is 0.155. The van der Waals surface area contributed by atoms with Gasteiger partial charge in [0.2, 0.25) is 5.91 Å². The summed E-state index contributed by atoms with van der Waals surface area (Å²) >= 11 is 2.55. The van der Waals surface area contributed by atoms with Crippen molar-refractivity contribution < 1.29 is 14.3 Å². The number of rotatable bonds is 9. The minimum absolute atomic E-state index is 0.0458. The van der Waals surface area contributed by atoms with Gasteiger partial charge in [-0.25, -0.2) is 9.97 Å². The molecule has 0 saturated heterocycles. The molecule has 0 radical (unpaired) electrons. The van der Waals surface area contributed by atoms with Crippen LogP contribution in [0.25, 0.3) is 22.4 Å². The van der Waals surface area contributed by atoms with Gasteiger partial charge in [0.05, 0.1) is 25.5 Å². The number of benzene rings is 2. The van der Waals surface area contributed by atoms with Gasteiger partial charge < -0.3 is 20.5 Å². The lowest BCUT2D eigenvalue weighted by Gasteiger charge is -2.13. The molecule has 2 aromatic heterocycles. The number of ether oxygens (including phenoxy) is 2. The zero-order valence-electron chi connectivity index (χ0n) is 21.4. The van der Waals surface area contributed by atoms with E-state index in [4.69, 9.17) is 15.2 Å². The summed E-state index contributed by atoms with van der Waals surface area (Å²) < 4.78 is 10.6. The van der Waals surface area contributed by atoms with Crippen molar-refractivity contribution in [1.29, 1.82) is 10.5 Å². The summed E-state index contributed by atoms with van der Waals surface area (Å²) in [7, 11) is 3.14. The van der Waals surface area contributed by atoms with Crippen LogP contribution in [-0.4, -0.2) is 35.8 Å². The molecule has 4 rings (SSSR count). The highest BCUT2D eigenvalue weighted by molar-refractivity contribution is 7.99. The van der Waals surface area contributed by atoms with Crippen LogP contribution in [-0.2, 0) is 4.79 Å². The van der Waals surface area contributed by atoms with Crippen molar-refractivity contribution >= 4 is 40.0 Å². The summed E-state index contributed by atoms with van der Waals surface area (Å²) in [6.45, 7) is 1.95. The predicted molar refractivity (Wildman–Crippen MR) is 153 cm³/mol. The van der Waals surface area contributed by atoms with Crippen molar-refractivity contribution in [2.45, 2.75) is 18.4 Å². The van der Waals surface area contributed by atoms with E-state index in [-0.39, 0.29) is 29.3 Å². The number of amides is 1. The first-order valence-corrected chi connectivity index (χ1v) is 13.6.